The molecule has 1 aliphatic carbocycles. The van der Waals surface area contributed by atoms with Gasteiger partial charge in [-0.1, -0.05) is 0 Å². The van der Waals surface area contributed by atoms with Gasteiger partial charge in [-0.2, -0.15) is 0 Å². The van der Waals surface area contributed by atoms with Crippen molar-refractivity contribution in [3.05, 3.63) is 53.8 Å². The number of anilines is 3. The van der Waals surface area contributed by atoms with Crippen LogP contribution in [0.25, 0.3) is 16.5 Å². The molecule has 0 spiro atoms. The second-order valence-corrected chi connectivity index (χ2v) is 8.51. The van der Waals surface area contributed by atoms with Gasteiger partial charge in [-0.15, -0.1) is 0 Å². The molecule has 1 saturated carbocycles. The van der Waals surface area contributed by atoms with Crippen LogP contribution >= 0.6 is 0 Å². The van der Waals surface area contributed by atoms with Crippen LogP contribution in [0.2, 0.25) is 0 Å². The van der Waals surface area contributed by atoms with Gasteiger partial charge in [0.25, 0.3) is 0 Å². The van der Waals surface area contributed by atoms with E-state index in [1.54, 1.807) is 30.7 Å². The highest BCUT2D eigenvalue weighted by atomic mass is 32.2. The number of allylic oxidation sites excluding steroid dienone is 1. The first-order chi connectivity index (χ1) is 12.5. The standard InChI is InChI=1S/C19H16N4O2S/c20-12-5-13(9-21-8-12)23-17-3-4-22-18-6-14-16(11-1-2-11)10-26(24,25)19(14)7-15(17)18/h3-11H,1-2,20H2,(H,22,23). The lowest BCUT2D eigenvalue weighted by Gasteiger charge is -2.12. The number of sulfone groups is 1. The van der Waals surface area contributed by atoms with Crippen LogP contribution in [0.3, 0.4) is 0 Å². The average molecular weight is 364 g/mol. The zero-order chi connectivity index (χ0) is 17.9. The van der Waals surface area contributed by atoms with E-state index in [1.165, 1.54) is 5.41 Å². The molecule has 3 N–H and O–H groups in total. The van der Waals surface area contributed by atoms with Gasteiger partial charge in [0.2, 0.25) is 9.84 Å². The fraction of sp³-hybridized carbons (Fsp3) is 0.158. The second kappa shape index (κ2) is 5.28. The first-order valence-electron chi connectivity index (χ1n) is 8.39. The van der Waals surface area contributed by atoms with Crippen LogP contribution in [0.1, 0.15) is 18.4 Å². The van der Waals surface area contributed by atoms with E-state index in [2.05, 4.69) is 15.3 Å². The molecule has 0 bridgehead atoms. The molecule has 5 rings (SSSR count). The van der Waals surface area contributed by atoms with Crippen molar-refractivity contribution in [2.45, 2.75) is 17.7 Å². The molecule has 26 heavy (non-hydrogen) atoms. The Labute approximate surface area is 150 Å². The van der Waals surface area contributed by atoms with Crippen molar-refractivity contribution in [2.24, 2.45) is 5.92 Å². The summed E-state index contributed by atoms with van der Waals surface area (Å²) in [7, 11) is -3.40. The Hall–Kier alpha value is -2.93. The number of nitrogen functional groups attached to an aromatic ring is 1. The number of benzene rings is 1. The normalized spacial score (nSPS) is 17.8. The topological polar surface area (TPSA) is 98.0 Å². The van der Waals surface area contributed by atoms with E-state index in [0.29, 0.717) is 16.5 Å². The minimum absolute atomic E-state index is 0.364. The lowest BCUT2D eigenvalue weighted by atomic mass is 10.0. The van der Waals surface area contributed by atoms with Crippen LogP contribution in [0.15, 0.2) is 53.2 Å². The number of nitrogens with two attached hydrogens (primary N) is 1. The minimum atomic E-state index is -3.40. The van der Waals surface area contributed by atoms with E-state index in [9.17, 15) is 8.42 Å². The van der Waals surface area contributed by atoms with Crippen LogP contribution in [-0.2, 0) is 9.84 Å². The third-order valence-corrected chi connectivity index (χ3v) is 6.31. The lowest BCUT2D eigenvalue weighted by Crippen LogP contribution is -1.98. The van der Waals surface area contributed by atoms with Crippen molar-refractivity contribution < 1.29 is 8.42 Å². The zero-order valence-corrected chi connectivity index (χ0v) is 14.6. The summed E-state index contributed by atoms with van der Waals surface area (Å²) in [6.07, 6.45) is 7.05. The van der Waals surface area contributed by atoms with Crippen molar-refractivity contribution in [2.75, 3.05) is 11.1 Å². The van der Waals surface area contributed by atoms with Gasteiger partial charge in [-0.05, 0) is 54.2 Å². The molecule has 3 heterocycles. The molecular weight excluding hydrogens is 348 g/mol. The Kier molecular flexibility index (Phi) is 3.12. The van der Waals surface area contributed by atoms with Crippen LogP contribution in [0, 0.1) is 5.92 Å². The van der Waals surface area contributed by atoms with Gasteiger partial charge in [0, 0.05) is 28.9 Å². The summed E-state index contributed by atoms with van der Waals surface area (Å²) in [6, 6.07) is 7.20. The van der Waals surface area contributed by atoms with Gasteiger partial charge >= 0.3 is 0 Å². The molecule has 1 fully saturated rings. The highest BCUT2D eigenvalue weighted by molar-refractivity contribution is 7.95. The maximum atomic E-state index is 12.6. The van der Waals surface area contributed by atoms with Crippen LogP contribution in [0.4, 0.5) is 17.1 Å². The van der Waals surface area contributed by atoms with E-state index in [1.807, 2.05) is 12.1 Å². The summed E-state index contributed by atoms with van der Waals surface area (Å²) in [4.78, 5) is 8.88. The summed E-state index contributed by atoms with van der Waals surface area (Å²) in [6.45, 7) is 0. The highest BCUT2D eigenvalue weighted by Crippen LogP contribution is 2.49. The van der Waals surface area contributed by atoms with Gasteiger partial charge in [0.1, 0.15) is 0 Å². The molecule has 3 aromatic rings. The van der Waals surface area contributed by atoms with E-state index in [-0.39, 0.29) is 0 Å². The number of nitrogens with zero attached hydrogens (tertiary/aromatic N) is 2. The minimum Gasteiger partial charge on any atom is -0.397 e. The summed E-state index contributed by atoms with van der Waals surface area (Å²) in [5.41, 5.74) is 10.3. The molecule has 2 aromatic heterocycles. The summed E-state index contributed by atoms with van der Waals surface area (Å²) in [5.74, 6) is 0.364. The molecule has 2 aliphatic rings. The monoisotopic (exact) mass is 364 g/mol. The molecule has 0 radical (unpaired) electrons. The number of pyridine rings is 2. The number of fused-ring (bicyclic) bond motifs is 2. The smallest absolute Gasteiger partial charge is 0.200 e. The van der Waals surface area contributed by atoms with E-state index in [0.717, 1.165) is 46.3 Å². The average Bonchev–Trinajstić information content (AvgIpc) is 3.40. The molecule has 1 aliphatic heterocycles. The fourth-order valence-corrected chi connectivity index (χ4v) is 4.98. The fourth-order valence-electron chi connectivity index (χ4n) is 3.43. The number of aromatic nitrogens is 2. The number of rotatable bonds is 3. The Bertz CT molecular complexity index is 1200. The van der Waals surface area contributed by atoms with Crippen LogP contribution in [0.5, 0.6) is 0 Å². The first kappa shape index (κ1) is 15.3. The summed E-state index contributed by atoms with van der Waals surface area (Å²) in [5, 5.41) is 5.44. The summed E-state index contributed by atoms with van der Waals surface area (Å²) >= 11 is 0. The van der Waals surface area contributed by atoms with Gasteiger partial charge < -0.3 is 11.1 Å². The van der Waals surface area contributed by atoms with Crippen molar-refractivity contribution in [1.82, 2.24) is 9.97 Å². The van der Waals surface area contributed by atoms with Gasteiger partial charge in [-0.3, -0.25) is 9.97 Å². The Morgan fingerprint density at radius 1 is 1.15 bits per heavy atom. The second-order valence-electron chi connectivity index (χ2n) is 6.75. The highest BCUT2D eigenvalue weighted by Gasteiger charge is 2.36. The predicted octanol–water partition coefficient (Wildman–Crippen LogP) is 3.49. The Morgan fingerprint density at radius 3 is 2.77 bits per heavy atom. The molecule has 0 unspecified atom stereocenters. The molecule has 7 heteroatoms. The van der Waals surface area contributed by atoms with Crippen molar-refractivity contribution in [3.63, 3.8) is 0 Å². The largest absolute Gasteiger partial charge is 0.397 e. The third kappa shape index (κ3) is 2.43. The maximum Gasteiger partial charge on any atom is 0.200 e. The molecule has 130 valence electrons. The van der Waals surface area contributed by atoms with Gasteiger partial charge in [0.05, 0.1) is 28.0 Å². The molecule has 0 amide bonds. The van der Waals surface area contributed by atoms with Crippen molar-refractivity contribution in [1.29, 1.82) is 0 Å². The van der Waals surface area contributed by atoms with E-state index >= 15 is 0 Å². The first-order valence-corrected chi connectivity index (χ1v) is 9.93. The molecule has 1 aromatic carbocycles. The van der Waals surface area contributed by atoms with Crippen LogP contribution in [-0.4, -0.2) is 18.4 Å². The quantitative estimate of drug-likeness (QED) is 0.738. The zero-order valence-electron chi connectivity index (χ0n) is 13.8. The predicted molar refractivity (Wildman–Crippen MR) is 102 cm³/mol. The Morgan fingerprint density at radius 2 is 2.00 bits per heavy atom. The van der Waals surface area contributed by atoms with Crippen molar-refractivity contribution >= 4 is 43.4 Å². The third-order valence-electron chi connectivity index (χ3n) is 4.80. The summed E-state index contributed by atoms with van der Waals surface area (Å²) < 4.78 is 25.2. The molecular formula is C19H16N4O2S. The van der Waals surface area contributed by atoms with Crippen LogP contribution < -0.4 is 11.1 Å². The maximum absolute atomic E-state index is 12.6. The number of hydrogen-bond donors (Lipinski definition) is 2. The lowest BCUT2D eigenvalue weighted by molar-refractivity contribution is 0.605. The van der Waals surface area contributed by atoms with Gasteiger partial charge in [0.15, 0.2) is 0 Å². The van der Waals surface area contributed by atoms with E-state index < -0.39 is 9.84 Å². The van der Waals surface area contributed by atoms with Gasteiger partial charge in [-0.25, -0.2) is 8.42 Å². The Balaban J connectivity index is 1.67. The molecule has 6 nitrogen and oxygen atoms in total. The van der Waals surface area contributed by atoms with E-state index in [4.69, 9.17) is 5.73 Å². The molecule has 0 saturated heterocycles. The number of hydrogen-bond acceptors (Lipinski definition) is 6. The number of nitrogens with one attached hydrogen (secondary N) is 1. The SMILES string of the molecule is Nc1cncc(Nc2ccnc3cc4c(cc23)S(=O)(=O)C=C4C2CC2)c1. The molecule has 0 atom stereocenters. The van der Waals surface area contributed by atoms with Crippen molar-refractivity contribution in [3.8, 4) is 0 Å².